The smallest absolute Gasteiger partial charge is 0.172 e. The Balaban J connectivity index is 0.994. The number of ketones is 1. The summed E-state index contributed by atoms with van der Waals surface area (Å²) in [4.78, 5) is 14.1. The lowest BCUT2D eigenvalue weighted by atomic mass is 9.81. The minimum absolute atomic E-state index is 0.0158. The molecule has 0 saturated carbocycles. The molecule has 10 heterocycles. The van der Waals surface area contributed by atoms with E-state index in [1.54, 1.807) is 7.11 Å². The maximum absolute atomic E-state index is 14.1. The molecule has 1 spiro atoms. The first-order valence-electron chi connectivity index (χ1n) is 20.2. The molecule has 10 fully saturated rings. The van der Waals surface area contributed by atoms with Crippen LogP contribution in [0.5, 0.6) is 0 Å². The van der Waals surface area contributed by atoms with E-state index < -0.39 is 18.0 Å². The Kier molecular flexibility index (Phi) is 10.0. The number of methoxy groups -OCH3 is 1. The van der Waals surface area contributed by atoms with Crippen molar-refractivity contribution in [3.05, 3.63) is 24.3 Å². The molecule has 11 unspecified atom stereocenters. The van der Waals surface area contributed by atoms with Gasteiger partial charge in [-0.3, -0.25) is 4.79 Å². The monoisotopic (exact) mass is 729 g/mol. The number of hydrogen-bond acceptors (Lipinski definition) is 12. The van der Waals surface area contributed by atoms with Crippen molar-refractivity contribution in [3.63, 3.8) is 0 Å². The van der Waals surface area contributed by atoms with Crippen LogP contribution in [0, 0.1) is 11.8 Å². The van der Waals surface area contributed by atoms with Crippen LogP contribution >= 0.6 is 0 Å². The van der Waals surface area contributed by atoms with Crippen LogP contribution in [0.15, 0.2) is 24.3 Å². The molecular formula is C40H59NO11. The lowest BCUT2D eigenvalue weighted by Crippen LogP contribution is -2.61. The van der Waals surface area contributed by atoms with Gasteiger partial charge in [0, 0.05) is 58.1 Å². The van der Waals surface area contributed by atoms with Gasteiger partial charge < -0.3 is 53.5 Å². The van der Waals surface area contributed by atoms with Crippen LogP contribution in [0.2, 0.25) is 0 Å². The molecule has 12 bridgehead atoms. The third-order valence-corrected chi connectivity index (χ3v) is 14.0. The zero-order valence-corrected chi connectivity index (χ0v) is 30.8. The Morgan fingerprint density at radius 2 is 1.56 bits per heavy atom. The predicted molar refractivity (Wildman–Crippen MR) is 186 cm³/mol. The first kappa shape index (κ1) is 36.4. The van der Waals surface area contributed by atoms with Crippen LogP contribution in [0.3, 0.4) is 0 Å². The number of hydrogen-bond donors (Lipinski definition) is 2. The first-order valence-corrected chi connectivity index (χ1v) is 20.2. The highest BCUT2D eigenvalue weighted by atomic mass is 16.8. The second kappa shape index (κ2) is 14.3. The van der Waals surface area contributed by atoms with Crippen molar-refractivity contribution >= 4 is 5.78 Å². The van der Waals surface area contributed by atoms with Gasteiger partial charge in [-0.2, -0.15) is 0 Å². The molecule has 10 aliphatic heterocycles. The van der Waals surface area contributed by atoms with Gasteiger partial charge in [0.2, 0.25) is 0 Å². The molecule has 0 amide bonds. The van der Waals surface area contributed by atoms with Crippen LogP contribution in [0.4, 0.5) is 0 Å². The van der Waals surface area contributed by atoms with Crippen molar-refractivity contribution in [1.82, 2.24) is 0 Å². The van der Waals surface area contributed by atoms with Crippen LogP contribution in [0.25, 0.3) is 0 Å². The Hall–Kier alpha value is -1.29. The first-order chi connectivity index (χ1) is 25.1. The van der Waals surface area contributed by atoms with Crippen LogP contribution in [0.1, 0.15) is 90.4 Å². The van der Waals surface area contributed by atoms with Gasteiger partial charge in [0.05, 0.1) is 67.1 Å². The van der Waals surface area contributed by atoms with Gasteiger partial charge in [0.1, 0.15) is 36.3 Å². The third-order valence-electron chi connectivity index (χ3n) is 14.0. The summed E-state index contributed by atoms with van der Waals surface area (Å²) in [5.74, 6) is -0.619. The Labute approximate surface area is 307 Å². The lowest BCUT2D eigenvalue weighted by Gasteiger charge is -2.47. The molecule has 0 aromatic carbocycles. The molecule has 10 aliphatic rings. The number of carbonyl (C=O) groups is 1. The summed E-state index contributed by atoms with van der Waals surface area (Å²) < 4.78 is 60.0. The second-order valence-electron chi connectivity index (χ2n) is 17.4. The van der Waals surface area contributed by atoms with E-state index in [1.807, 2.05) is 0 Å². The predicted octanol–water partition coefficient (Wildman–Crippen LogP) is 3.44. The zero-order chi connectivity index (χ0) is 35.9. The highest BCUT2D eigenvalue weighted by molar-refractivity contribution is 5.79. The summed E-state index contributed by atoms with van der Waals surface area (Å²) in [6, 6.07) is 0. The standard InChI is InChI=1S/C40H59NO11/c1-19-11-24-5-7-28-20(2)12-26(45-28)9-10-40-17-33-36(51-40)37-38(50-33)39(52-40)35-29(49-37)8-6-25(47-35)13-22(42)14-27-31(16-30(46-24)21(19)3)48-32(34(27)44-4)15-23(43)18-41/h19,23-39,43H,2-3,5-18,41H2,1,4H3/t19-,23?,24+,25?,26?,27?,28+,29?,30?,31+,32?,33-,34-,35+,36?,37+,38?,39?,40?/m1/s1. The summed E-state index contributed by atoms with van der Waals surface area (Å²) in [6.07, 6.45) is 4.85. The number of aliphatic hydroxyl groups is 1. The largest absolute Gasteiger partial charge is 0.392 e. The van der Waals surface area contributed by atoms with E-state index in [4.69, 9.17) is 48.4 Å². The molecule has 10 rings (SSSR count). The minimum Gasteiger partial charge on any atom is -0.392 e. The van der Waals surface area contributed by atoms with Gasteiger partial charge in [-0.25, -0.2) is 0 Å². The van der Waals surface area contributed by atoms with Crippen molar-refractivity contribution in [3.8, 4) is 0 Å². The highest BCUT2D eigenvalue weighted by Crippen LogP contribution is 2.54. The number of fused-ring (bicyclic) bond motifs is 6. The molecule has 0 radical (unpaired) electrons. The van der Waals surface area contributed by atoms with E-state index in [0.29, 0.717) is 25.7 Å². The van der Waals surface area contributed by atoms with Gasteiger partial charge in [-0.15, -0.1) is 0 Å². The average Bonchev–Trinajstić information content (AvgIpc) is 3.79. The van der Waals surface area contributed by atoms with Crippen molar-refractivity contribution in [2.45, 2.75) is 194 Å². The zero-order valence-electron chi connectivity index (χ0n) is 30.8. The normalized spacial score (nSPS) is 52.4. The summed E-state index contributed by atoms with van der Waals surface area (Å²) in [5, 5.41) is 10.5. The minimum atomic E-state index is -0.780. The molecule has 52 heavy (non-hydrogen) atoms. The van der Waals surface area contributed by atoms with E-state index in [0.717, 1.165) is 56.1 Å². The fourth-order valence-corrected chi connectivity index (χ4v) is 11.3. The number of aliphatic hydroxyl groups excluding tert-OH is 1. The van der Waals surface area contributed by atoms with Gasteiger partial charge in [-0.1, -0.05) is 20.1 Å². The molecule has 290 valence electrons. The van der Waals surface area contributed by atoms with E-state index in [-0.39, 0.29) is 122 Å². The van der Waals surface area contributed by atoms with E-state index >= 15 is 0 Å². The fourth-order valence-electron chi connectivity index (χ4n) is 11.3. The molecule has 0 aromatic rings. The van der Waals surface area contributed by atoms with Crippen LogP contribution in [-0.2, 0) is 47.4 Å². The maximum atomic E-state index is 14.1. The summed E-state index contributed by atoms with van der Waals surface area (Å²) in [7, 11) is 1.66. The Morgan fingerprint density at radius 1 is 0.808 bits per heavy atom. The quantitative estimate of drug-likeness (QED) is 0.409. The van der Waals surface area contributed by atoms with E-state index in [9.17, 15) is 9.90 Å². The summed E-state index contributed by atoms with van der Waals surface area (Å²) in [6.45, 7) is 11.3. The van der Waals surface area contributed by atoms with E-state index in [1.165, 1.54) is 0 Å². The van der Waals surface area contributed by atoms with Gasteiger partial charge in [-0.05, 0) is 62.0 Å². The fraction of sp³-hybridized carbons (Fsp3) is 0.875. The summed E-state index contributed by atoms with van der Waals surface area (Å²) in [5.41, 5.74) is 8.01. The molecule has 12 nitrogen and oxygen atoms in total. The maximum Gasteiger partial charge on any atom is 0.172 e. The Morgan fingerprint density at radius 3 is 2.38 bits per heavy atom. The molecule has 0 aromatic heterocycles. The molecule has 0 aliphatic carbocycles. The number of carbonyl (C=O) groups excluding carboxylic acids is 1. The number of Topliss-reactive ketones (excluding diaryl/α,β-unsaturated/α-hetero) is 1. The number of rotatable bonds is 4. The van der Waals surface area contributed by atoms with Gasteiger partial charge in [0.25, 0.3) is 0 Å². The molecule has 10 saturated heterocycles. The number of nitrogens with two attached hydrogens (primary N) is 1. The highest BCUT2D eigenvalue weighted by Gasteiger charge is 2.68. The van der Waals surface area contributed by atoms with Crippen molar-refractivity contribution in [1.29, 1.82) is 0 Å². The van der Waals surface area contributed by atoms with E-state index in [2.05, 4.69) is 20.1 Å². The Bertz CT molecular complexity index is 1380. The van der Waals surface area contributed by atoms with Crippen molar-refractivity contribution in [2.24, 2.45) is 17.6 Å². The van der Waals surface area contributed by atoms with Crippen molar-refractivity contribution < 1.29 is 52.5 Å². The average molecular weight is 730 g/mol. The molecular weight excluding hydrogens is 670 g/mol. The molecule has 3 N–H and O–H groups in total. The van der Waals surface area contributed by atoms with Gasteiger partial charge >= 0.3 is 0 Å². The molecule has 19 atom stereocenters. The molecule has 12 heteroatoms. The van der Waals surface area contributed by atoms with Crippen LogP contribution < -0.4 is 5.73 Å². The third kappa shape index (κ3) is 6.59. The second-order valence-corrected chi connectivity index (χ2v) is 17.4. The number of ether oxygens (including phenoxy) is 9. The van der Waals surface area contributed by atoms with Crippen molar-refractivity contribution in [2.75, 3.05) is 13.7 Å². The van der Waals surface area contributed by atoms with Crippen LogP contribution in [-0.4, -0.2) is 128 Å². The van der Waals surface area contributed by atoms with Gasteiger partial charge in [0.15, 0.2) is 5.79 Å². The topological polar surface area (TPSA) is 146 Å². The summed E-state index contributed by atoms with van der Waals surface area (Å²) >= 11 is 0. The lowest BCUT2D eigenvalue weighted by molar-refractivity contribution is -0.292. The SMILES string of the molecule is C=C1C2C[C@@H]3OC(CC(O)CN)[C@H](OC)C3CC(=O)CC3CCC4O[C@@H]5C6O[C@@H]7CC(CCC8CC(=C)[C@H](CC[C@@H](C[C@H]1C)O2)O8)(OC6[C@H]4O3)OC57.